The molecule has 9 heteroatoms. The maximum Gasteiger partial charge on any atom is 0.326 e. The van der Waals surface area contributed by atoms with E-state index in [0.29, 0.717) is 21.7 Å². The Kier molecular flexibility index (Phi) is 5.86. The van der Waals surface area contributed by atoms with Gasteiger partial charge in [0.15, 0.2) is 11.4 Å². The number of urea groups is 1. The van der Waals surface area contributed by atoms with E-state index in [2.05, 4.69) is 15.6 Å². The first-order chi connectivity index (χ1) is 15.3. The molecular weight excluding hydrogens is 451 g/mol. The van der Waals surface area contributed by atoms with Crippen LogP contribution in [0.2, 0.25) is 10.0 Å². The lowest BCUT2D eigenvalue weighted by Gasteiger charge is -2.28. The van der Waals surface area contributed by atoms with E-state index < -0.39 is 29.9 Å². The second-order valence-electron chi connectivity index (χ2n) is 7.25. The van der Waals surface area contributed by atoms with Crippen molar-refractivity contribution in [3.63, 3.8) is 0 Å². The molecule has 3 aromatic rings. The number of carbonyl (C=O) groups is 3. The van der Waals surface area contributed by atoms with Crippen molar-refractivity contribution in [3.05, 3.63) is 93.6 Å². The Balaban J connectivity index is 1.64. The minimum absolute atomic E-state index is 0.100. The Morgan fingerprint density at radius 1 is 1.03 bits per heavy atom. The molecule has 2 N–H and O–H groups in total. The van der Waals surface area contributed by atoms with Gasteiger partial charge in [0.05, 0.1) is 10.0 Å². The van der Waals surface area contributed by atoms with Crippen LogP contribution in [-0.4, -0.2) is 34.3 Å². The average Bonchev–Trinajstić information content (AvgIpc) is 3.06. The topological polar surface area (TPSA) is 91.4 Å². The quantitative estimate of drug-likeness (QED) is 0.550. The largest absolute Gasteiger partial charge is 0.326 e. The van der Waals surface area contributed by atoms with Gasteiger partial charge in [0.1, 0.15) is 6.54 Å². The zero-order valence-electron chi connectivity index (χ0n) is 16.9. The second kappa shape index (κ2) is 8.61. The summed E-state index contributed by atoms with van der Waals surface area (Å²) in [6, 6.07) is 17.1. The van der Waals surface area contributed by atoms with Crippen LogP contribution in [0.15, 0.2) is 66.9 Å². The molecular formula is C23H18Cl2N4O3. The molecule has 2 aromatic carbocycles. The molecule has 0 spiro atoms. The van der Waals surface area contributed by atoms with Crippen molar-refractivity contribution in [1.82, 2.24) is 15.2 Å². The van der Waals surface area contributed by atoms with E-state index in [9.17, 15) is 14.4 Å². The van der Waals surface area contributed by atoms with Crippen LogP contribution in [0.1, 0.15) is 16.7 Å². The molecule has 1 aromatic heterocycles. The van der Waals surface area contributed by atoms with Crippen molar-refractivity contribution in [2.75, 3.05) is 11.9 Å². The van der Waals surface area contributed by atoms with Crippen LogP contribution in [-0.2, 0) is 15.1 Å². The molecule has 1 saturated heterocycles. The summed E-state index contributed by atoms with van der Waals surface area (Å²) in [7, 11) is 0. The maximum absolute atomic E-state index is 13.6. The lowest BCUT2D eigenvalue weighted by molar-refractivity contribution is -0.133. The van der Waals surface area contributed by atoms with Gasteiger partial charge >= 0.3 is 6.03 Å². The Morgan fingerprint density at radius 2 is 1.59 bits per heavy atom. The Morgan fingerprint density at radius 3 is 2.16 bits per heavy atom. The monoisotopic (exact) mass is 468 g/mol. The molecule has 0 saturated carbocycles. The highest BCUT2D eigenvalue weighted by atomic mass is 35.5. The Labute approximate surface area is 194 Å². The highest BCUT2D eigenvalue weighted by Crippen LogP contribution is 2.36. The lowest BCUT2D eigenvalue weighted by atomic mass is 9.82. The number of pyridine rings is 1. The summed E-state index contributed by atoms with van der Waals surface area (Å²) in [6.07, 6.45) is 1.36. The number of rotatable bonds is 5. The third kappa shape index (κ3) is 3.70. The van der Waals surface area contributed by atoms with Crippen LogP contribution in [0.25, 0.3) is 0 Å². The highest BCUT2D eigenvalue weighted by Gasteiger charge is 2.54. The van der Waals surface area contributed by atoms with Gasteiger partial charge in [-0.05, 0) is 23.6 Å². The van der Waals surface area contributed by atoms with Gasteiger partial charge in [-0.25, -0.2) is 9.78 Å². The number of imide groups is 1. The van der Waals surface area contributed by atoms with Crippen molar-refractivity contribution in [2.45, 2.75) is 12.5 Å². The number of carbonyl (C=O) groups excluding carboxylic acids is 3. The number of hydrogen-bond acceptors (Lipinski definition) is 4. The summed E-state index contributed by atoms with van der Waals surface area (Å²) < 4.78 is 0. The molecule has 0 aliphatic carbocycles. The van der Waals surface area contributed by atoms with E-state index in [1.807, 2.05) is 12.1 Å². The Bertz CT molecular complexity index is 1160. The van der Waals surface area contributed by atoms with Crippen LogP contribution in [0, 0.1) is 6.92 Å². The molecule has 4 amide bonds. The van der Waals surface area contributed by atoms with Crippen molar-refractivity contribution >= 4 is 46.9 Å². The SMILES string of the molecule is Cc1c(Cl)cnc(NC(=O)CN2C(=O)NC(c3ccccc3)(c3ccccc3)C2=O)c1Cl. The summed E-state index contributed by atoms with van der Waals surface area (Å²) in [4.78, 5) is 44.0. The van der Waals surface area contributed by atoms with Gasteiger partial charge in [0.25, 0.3) is 5.91 Å². The fourth-order valence-corrected chi connectivity index (χ4v) is 4.00. The first kappa shape index (κ1) is 21.8. The van der Waals surface area contributed by atoms with Gasteiger partial charge in [-0.3, -0.25) is 14.5 Å². The Hall–Kier alpha value is -3.42. The van der Waals surface area contributed by atoms with Crippen LogP contribution in [0.5, 0.6) is 0 Å². The van der Waals surface area contributed by atoms with Crippen molar-refractivity contribution in [1.29, 1.82) is 0 Å². The zero-order valence-corrected chi connectivity index (χ0v) is 18.4. The zero-order chi connectivity index (χ0) is 22.9. The van der Waals surface area contributed by atoms with Crippen LogP contribution in [0.4, 0.5) is 10.6 Å². The molecule has 2 heterocycles. The van der Waals surface area contributed by atoms with Crippen LogP contribution < -0.4 is 10.6 Å². The van der Waals surface area contributed by atoms with E-state index >= 15 is 0 Å². The molecule has 0 bridgehead atoms. The van der Waals surface area contributed by atoms with Crippen molar-refractivity contribution < 1.29 is 14.4 Å². The molecule has 1 aliphatic rings. The van der Waals surface area contributed by atoms with Gasteiger partial charge in [-0.2, -0.15) is 0 Å². The highest BCUT2D eigenvalue weighted by molar-refractivity contribution is 6.37. The minimum Gasteiger partial charge on any atom is -0.315 e. The number of nitrogens with one attached hydrogen (secondary N) is 2. The van der Waals surface area contributed by atoms with Gasteiger partial charge in [0.2, 0.25) is 5.91 Å². The molecule has 0 unspecified atom stereocenters. The molecule has 1 aliphatic heterocycles. The molecule has 1 fully saturated rings. The molecule has 0 radical (unpaired) electrons. The predicted octanol–water partition coefficient (Wildman–Crippen LogP) is 4.13. The average molecular weight is 469 g/mol. The number of anilines is 1. The van der Waals surface area contributed by atoms with E-state index in [1.54, 1.807) is 55.5 Å². The standard InChI is InChI=1S/C23H18Cl2N4O3/c1-14-17(24)12-26-20(19(14)25)27-18(30)13-29-21(31)23(28-22(29)32,15-8-4-2-5-9-15)16-10-6-3-7-11-16/h2-12H,13H2,1H3,(H,28,32)(H,26,27,30). The minimum atomic E-state index is -1.44. The van der Waals surface area contributed by atoms with Gasteiger partial charge in [0, 0.05) is 6.20 Å². The predicted molar refractivity (Wildman–Crippen MR) is 122 cm³/mol. The number of halogens is 2. The molecule has 0 atom stereocenters. The summed E-state index contributed by atoms with van der Waals surface area (Å²) >= 11 is 12.2. The third-order valence-corrected chi connectivity index (χ3v) is 6.12. The molecule has 4 rings (SSSR count). The van der Waals surface area contributed by atoms with Crippen LogP contribution in [0.3, 0.4) is 0 Å². The smallest absolute Gasteiger partial charge is 0.315 e. The van der Waals surface area contributed by atoms with Gasteiger partial charge in [-0.1, -0.05) is 83.9 Å². The lowest BCUT2D eigenvalue weighted by Crippen LogP contribution is -2.45. The third-order valence-electron chi connectivity index (χ3n) is 5.28. The molecule has 7 nitrogen and oxygen atoms in total. The fraction of sp³-hybridized carbons (Fsp3) is 0.130. The number of nitrogens with zero attached hydrogens (tertiary/aromatic N) is 2. The van der Waals surface area contributed by atoms with E-state index in [1.165, 1.54) is 6.20 Å². The first-order valence-electron chi connectivity index (χ1n) is 9.70. The summed E-state index contributed by atoms with van der Waals surface area (Å²) in [5, 5.41) is 5.88. The van der Waals surface area contributed by atoms with E-state index in [4.69, 9.17) is 23.2 Å². The summed E-state index contributed by atoms with van der Waals surface area (Å²) in [6.45, 7) is 1.18. The number of hydrogen-bond donors (Lipinski definition) is 2. The van der Waals surface area contributed by atoms with Crippen molar-refractivity contribution in [2.24, 2.45) is 0 Å². The first-order valence-corrected chi connectivity index (χ1v) is 10.5. The number of amides is 4. The van der Waals surface area contributed by atoms with Gasteiger partial charge < -0.3 is 10.6 Å². The summed E-state index contributed by atoms with van der Waals surface area (Å²) in [5.41, 5.74) is 0.295. The number of benzene rings is 2. The fourth-order valence-electron chi connectivity index (χ4n) is 3.61. The van der Waals surface area contributed by atoms with Gasteiger partial charge in [-0.15, -0.1) is 0 Å². The molecule has 162 valence electrons. The number of aromatic nitrogens is 1. The summed E-state index contributed by atoms with van der Waals surface area (Å²) in [5.74, 6) is -1.08. The van der Waals surface area contributed by atoms with E-state index in [0.717, 1.165) is 4.90 Å². The maximum atomic E-state index is 13.6. The molecule has 32 heavy (non-hydrogen) atoms. The van der Waals surface area contributed by atoms with Crippen LogP contribution >= 0.6 is 23.2 Å². The van der Waals surface area contributed by atoms with Crippen molar-refractivity contribution in [3.8, 4) is 0 Å². The van der Waals surface area contributed by atoms with E-state index in [-0.39, 0.29) is 10.8 Å². The second-order valence-corrected chi connectivity index (χ2v) is 8.03. The normalized spacial score (nSPS) is 14.9.